The van der Waals surface area contributed by atoms with Crippen LogP contribution >= 0.6 is 0 Å². The molecule has 1 atom stereocenters. The molecule has 0 saturated heterocycles. The molecule has 0 aromatic heterocycles. The highest BCUT2D eigenvalue weighted by molar-refractivity contribution is 5.88. The van der Waals surface area contributed by atoms with Crippen LogP contribution in [0.15, 0.2) is 24.3 Å². The van der Waals surface area contributed by atoms with Crippen molar-refractivity contribution in [2.45, 2.75) is 59.6 Å². The lowest BCUT2D eigenvalue weighted by atomic mass is 9.82. The number of carbonyl (C=O) groups is 1. The Kier molecular flexibility index (Phi) is 7.24. The van der Waals surface area contributed by atoms with Gasteiger partial charge < -0.3 is 20.5 Å². The van der Waals surface area contributed by atoms with Crippen LogP contribution in [0.1, 0.15) is 48.0 Å². The summed E-state index contributed by atoms with van der Waals surface area (Å²) < 4.78 is 5.59. The molecular formula is C19H32N2O3. The van der Waals surface area contributed by atoms with E-state index >= 15 is 0 Å². The van der Waals surface area contributed by atoms with Crippen molar-refractivity contribution in [3.63, 3.8) is 0 Å². The maximum atomic E-state index is 11.0. The molecule has 0 aliphatic rings. The van der Waals surface area contributed by atoms with Crippen molar-refractivity contribution in [2.75, 3.05) is 18.5 Å². The summed E-state index contributed by atoms with van der Waals surface area (Å²) in [5.41, 5.74) is 0.910. The molecule has 0 radical (unpaired) electrons. The fraction of sp³-hybridized carbons (Fsp3) is 0.632. The van der Waals surface area contributed by atoms with Crippen molar-refractivity contribution in [2.24, 2.45) is 5.41 Å². The van der Waals surface area contributed by atoms with Gasteiger partial charge in [-0.2, -0.15) is 0 Å². The van der Waals surface area contributed by atoms with E-state index in [1.807, 2.05) is 0 Å². The minimum absolute atomic E-state index is 0.0424. The van der Waals surface area contributed by atoms with Crippen molar-refractivity contribution in [1.29, 1.82) is 0 Å². The number of hydrogen-bond donors (Lipinski definition) is 3. The second-order valence-corrected chi connectivity index (χ2v) is 8.17. The Balaban J connectivity index is 2.38. The number of anilines is 1. The largest absolute Gasteiger partial charge is 0.491 e. The zero-order chi connectivity index (χ0) is 18.4. The summed E-state index contributed by atoms with van der Waals surface area (Å²) in [5, 5.41) is 16.2. The number of aliphatic hydroxyl groups is 1. The van der Waals surface area contributed by atoms with Gasteiger partial charge in [-0.3, -0.25) is 4.79 Å². The molecule has 0 saturated carbocycles. The van der Waals surface area contributed by atoms with Crippen LogP contribution in [0.3, 0.4) is 0 Å². The molecule has 0 unspecified atom stereocenters. The van der Waals surface area contributed by atoms with Gasteiger partial charge in [0.2, 0.25) is 5.91 Å². The molecule has 1 aromatic rings. The number of aliphatic hydroxyl groups excluding tert-OH is 1. The second-order valence-electron chi connectivity index (χ2n) is 8.17. The predicted octanol–water partition coefficient (Wildman–Crippen LogP) is 3.19. The van der Waals surface area contributed by atoms with Crippen LogP contribution in [0.4, 0.5) is 5.69 Å². The molecule has 136 valence electrons. The maximum absolute atomic E-state index is 11.0. The molecule has 3 N–H and O–H groups in total. The van der Waals surface area contributed by atoms with Crippen LogP contribution in [-0.2, 0) is 4.79 Å². The quantitative estimate of drug-likeness (QED) is 0.682. The smallest absolute Gasteiger partial charge is 0.221 e. The van der Waals surface area contributed by atoms with Gasteiger partial charge in [0.15, 0.2) is 0 Å². The van der Waals surface area contributed by atoms with Crippen LogP contribution in [0.2, 0.25) is 0 Å². The molecule has 0 fully saturated rings. The number of carbonyl (C=O) groups excluding carboxylic acids is 1. The SMILES string of the molecule is CC(=O)Nc1ccc(OC[C@H](O)CNC(C)(C)CC(C)(C)C)cc1. The molecule has 5 nitrogen and oxygen atoms in total. The third-order valence-electron chi connectivity index (χ3n) is 3.41. The molecule has 1 aromatic carbocycles. The Bertz CT molecular complexity index is 518. The summed E-state index contributed by atoms with van der Waals surface area (Å²) in [7, 11) is 0. The van der Waals surface area contributed by atoms with Crippen molar-refractivity contribution >= 4 is 11.6 Å². The fourth-order valence-electron chi connectivity index (χ4n) is 2.87. The first-order chi connectivity index (χ1) is 11.0. The average molecular weight is 336 g/mol. The Morgan fingerprint density at radius 2 is 1.75 bits per heavy atom. The van der Waals surface area contributed by atoms with Crippen LogP contribution in [-0.4, -0.2) is 35.8 Å². The minimum atomic E-state index is -0.584. The molecular weight excluding hydrogens is 304 g/mol. The summed E-state index contributed by atoms with van der Waals surface area (Å²) in [6.07, 6.45) is 0.428. The van der Waals surface area contributed by atoms with Gasteiger partial charge in [-0.05, 0) is 49.9 Å². The normalized spacial score (nSPS) is 13.5. The van der Waals surface area contributed by atoms with E-state index in [0.29, 0.717) is 12.3 Å². The highest BCUT2D eigenvalue weighted by Gasteiger charge is 2.25. The average Bonchev–Trinajstić information content (AvgIpc) is 2.41. The van der Waals surface area contributed by atoms with E-state index in [2.05, 4.69) is 45.3 Å². The summed E-state index contributed by atoms with van der Waals surface area (Å²) in [6, 6.07) is 7.09. The van der Waals surface area contributed by atoms with E-state index in [4.69, 9.17) is 4.74 Å². The first-order valence-corrected chi connectivity index (χ1v) is 8.40. The molecule has 0 aliphatic carbocycles. The minimum Gasteiger partial charge on any atom is -0.491 e. The molecule has 0 heterocycles. The van der Waals surface area contributed by atoms with E-state index in [9.17, 15) is 9.90 Å². The summed E-state index contributed by atoms with van der Waals surface area (Å²) in [5.74, 6) is 0.556. The van der Waals surface area contributed by atoms with Gasteiger partial charge in [-0.1, -0.05) is 20.8 Å². The van der Waals surface area contributed by atoms with E-state index < -0.39 is 6.10 Å². The molecule has 0 bridgehead atoms. The lowest BCUT2D eigenvalue weighted by molar-refractivity contribution is -0.114. The molecule has 1 amide bonds. The highest BCUT2D eigenvalue weighted by atomic mass is 16.5. The molecule has 0 aliphatic heterocycles. The number of ether oxygens (including phenoxy) is 1. The van der Waals surface area contributed by atoms with Crippen molar-refractivity contribution < 1.29 is 14.6 Å². The van der Waals surface area contributed by atoms with Gasteiger partial charge in [0.1, 0.15) is 18.5 Å². The predicted molar refractivity (Wildman–Crippen MR) is 98.4 cm³/mol. The standard InChI is InChI=1S/C19H32N2O3/c1-14(22)21-15-7-9-17(10-8-15)24-12-16(23)11-20-19(5,6)13-18(2,3)4/h7-10,16,20,23H,11-13H2,1-6H3,(H,21,22)/t16-/m1/s1. The Hall–Kier alpha value is -1.59. The number of amides is 1. The fourth-order valence-corrected chi connectivity index (χ4v) is 2.87. The monoisotopic (exact) mass is 336 g/mol. The van der Waals surface area contributed by atoms with Crippen LogP contribution in [0.25, 0.3) is 0 Å². The number of hydrogen-bond acceptors (Lipinski definition) is 4. The van der Waals surface area contributed by atoms with Gasteiger partial charge in [0, 0.05) is 24.7 Å². The number of benzene rings is 1. The lowest BCUT2D eigenvalue weighted by Gasteiger charge is -2.34. The third-order valence-corrected chi connectivity index (χ3v) is 3.41. The van der Waals surface area contributed by atoms with Gasteiger partial charge in [0.25, 0.3) is 0 Å². The summed E-state index contributed by atoms with van der Waals surface area (Å²) in [6.45, 7) is 13.1. The van der Waals surface area contributed by atoms with E-state index in [1.165, 1.54) is 6.92 Å². The topological polar surface area (TPSA) is 70.6 Å². The highest BCUT2D eigenvalue weighted by Crippen LogP contribution is 2.26. The van der Waals surface area contributed by atoms with E-state index in [-0.39, 0.29) is 23.5 Å². The summed E-state index contributed by atoms with van der Waals surface area (Å²) >= 11 is 0. The second kappa shape index (κ2) is 8.49. The molecule has 1 rings (SSSR count). The van der Waals surface area contributed by atoms with Gasteiger partial charge in [0.05, 0.1) is 0 Å². The Morgan fingerprint density at radius 1 is 1.17 bits per heavy atom. The van der Waals surface area contributed by atoms with Crippen LogP contribution in [0, 0.1) is 5.41 Å². The Labute approximate surface area is 145 Å². The van der Waals surface area contributed by atoms with Gasteiger partial charge >= 0.3 is 0 Å². The maximum Gasteiger partial charge on any atom is 0.221 e. The zero-order valence-electron chi connectivity index (χ0n) is 15.8. The van der Waals surface area contributed by atoms with E-state index in [0.717, 1.165) is 12.1 Å². The number of rotatable bonds is 8. The van der Waals surface area contributed by atoms with E-state index in [1.54, 1.807) is 24.3 Å². The molecule has 5 heteroatoms. The Morgan fingerprint density at radius 3 is 2.25 bits per heavy atom. The van der Waals surface area contributed by atoms with Crippen molar-refractivity contribution in [3.05, 3.63) is 24.3 Å². The third kappa shape index (κ3) is 8.89. The first-order valence-electron chi connectivity index (χ1n) is 8.40. The van der Waals surface area contributed by atoms with Crippen LogP contribution in [0.5, 0.6) is 5.75 Å². The first kappa shape index (κ1) is 20.5. The van der Waals surface area contributed by atoms with Crippen molar-refractivity contribution in [1.82, 2.24) is 5.32 Å². The van der Waals surface area contributed by atoms with Gasteiger partial charge in [-0.25, -0.2) is 0 Å². The van der Waals surface area contributed by atoms with Gasteiger partial charge in [-0.15, -0.1) is 0 Å². The van der Waals surface area contributed by atoms with Crippen LogP contribution < -0.4 is 15.4 Å². The lowest BCUT2D eigenvalue weighted by Crippen LogP contribution is -2.46. The molecule has 24 heavy (non-hydrogen) atoms. The van der Waals surface area contributed by atoms with Crippen molar-refractivity contribution in [3.8, 4) is 5.75 Å². The number of β-amino-alcohol motifs (C(OH)–C–C–N with tert-alkyl or cyclic N) is 1. The molecule has 0 spiro atoms. The summed E-state index contributed by atoms with van der Waals surface area (Å²) in [4.78, 5) is 11.0. The number of nitrogens with one attached hydrogen (secondary N) is 2. The zero-order valence-corrected chi connectivity index (χ0v) is 15.8.